The molecule has 2 aliphatic rings. The highest BCUT2D eigenvalue weighted by Gasteiger charge is 2.38. The monoisotopic (exact) mass is 657 g/mol. The first-order chi connectivity index (χ1) is 23.1. The van der Waals surface area contributed by atoms with Crippen LogP contribution in [-0.2, 0) is 14.3 Å². The SMILES string of the molecule is CC(C)C(/C(=C/c1ccc(C(=O)NOC2CCCCO2)cc1)COc1cccc2ccccc12)N(C(=O)OC(C)(C)C)C1CCNCC1. The van der Waals surface area contributed by atoms with E-state index in [2.05, 4.69) is 48.9 Å². The second kappa shape index (κ2) is 16.5. The van der Waals surface area contributed by atoms with Gasteiger partial charge in [0.05, 0.1) is 6.04 Å². The van der Waals surface area contributed by atoms with E-state index < -0.39 is 11.9 Å². The number of ether oxygens (including phenoxy) is 3. The molecule has 48 heavy (non-hydrogen) atoms. The van der Waals surface area contributed by atoms with Crippen LogP contribution in [0.5, 0.6) is 5.75 Å². The molecule has 0 bridgehead atoms. The Bertz CT molecular complexity index is 1530. The van der Waals surface area contributed by atoms with Crippen molar-refractivity contribution in [2.24, 2.45) is 5.92 Å². The molecule has 2 amide bonds. The van der Waals surface area contributed by atoms with Gasteiger partial charge in [-0.1, -0.05) is 68.5 Å². The lowest BCUT2D eigenvalue weighted by Gasteiger charge is -2.43. The van der Waals surface area contributed by atoms with Gasteiger partial charge in [-0.15, -0.1) is 0 Å². The lowest BCUT2D eigenvalue weighted by molar-refractivity contribution is -0.186. The van der Waals surface area contributed by atoms with Crippen molar-refractivity contribution in [3.8, 4) is 5.75 Å². The maximum Gasteiger partial charge on any atom is 0.411 e. The fraction of sp³-hybridized carbons (Fsp3) is 0.487. The van der Waals surface area contributed by atoms with Crippen LogP contribution >= 0.6 is 0 Å². The molecule has 0 radical (unpaired) electrons. The van der Waals surface area contributed by atoms with Crippen molar-refractivity contribution in [3.63, 3.8) is 0 Å². The molecular weight excluding hydrogens is 606 g/mol. The van der Waals surface area contributed by atoms with Crippen molar-refractivity contribution < 1.29 is 28.6 Å². The van der Waals surface area contributed by atoms with Gasteiger partial charge < -0.3 is 19.5 Å². The molecule has 2 N–H and O–H groups in total. The van der Waals surface area contributed by atoms with Crippen LogP contribution in [0.25, 0.3) is 16.8 Å². The average Bonchev–Trinajstić information content (AvgIpc) is 3.08. The molecule has 2 fully saturated rings. The Kier molecular flexibility index (Phi) is 12.1. The first-order valence-electron chi connectivity index (χ1n) is 17.3. The number of rotatable bonds is 11. The number of fused-ring (bicyclic) bond motifs is 1. The second-order valence-electron chi connectivity index (χ2n) is 14.0. The summed E-state index contributed by atoms with van der Waals surface area (Å²) in [6, 6.07) is 21.3. The number of piperidine rings is 1. The van der Waals surface area contributed by atoms with Gasteiger partial charge in [0.1, 0.15) is 18.0 Å². The fourth-order valence-electron chi connectivity index (χ4n) is 6.44. The molecule has 3 aromatic rings. The minimum atomic E-state index is -0.643. The molecule has 2 atom stereocenters. The molecule has 2 aliphatic heterocycles. The predicted octanol–water partition coefficient (Wildman–Crippen LogP) is 7.50. The molecule has 0 aliphatic carbocycles. The molecule has 0 spiro atoms. The summed E-state index contributed by atoms with van der Waals surface area (Å²) in [4.78, 5) is 34.4. The zero-order valence-electron chi connectivity index (χ0n) is 29.0. The Labute approximate surface area is 284 Å². The van der Waals surface area contributed by atoms with E-state index in [0.717, 1.165) is 72.9 Å². The molecule has 2 saturated heterocycles. The lowest BCUT2D eigenvalue weighted by Crippen LogP contribution is -2.55. The fourth-order valence-corrected chi connectivity index (χ4v) is 6.44. The van der Waals surface area contributed by atoms with Crippen LogP contribution in [0.15, 0.2) is 72.3 Å². The molecule has 2 heterocycles. The summed E-state index contributed by atoms with van der Waals surface area (Å²) in [6.45, 7) is 12.5. The number of carbonyl (C=O) groups excluding carboxylic acids is 2. The Morgan fingerprint density at radius 3 is 2.40 bits per heavy atom. The van der Waals surface area contributed by atoms with Gasteiger partial charge >= 0.3 is 6.09 Å². The van der Waals surface area contributed by atoms with Crippen LogP contribution in [0.2, 0.25) is 0 Å². The summed E-state index contributed by atoms with van der Waals surface area (Å²) in [5.74, 6) is 0.501. The van der Waals surface area contributed by atoms with Gasteiger partial charge in [-0.3, -0.25) is 9.69 Å². The highest BCUT2D eigenvalue weighted by molar-refractivity contribution is 5.93. The normalized spacial score (nSPS) is 18.4. The van der Waals surface area contributed by atoms with Crippen LogP contribution in [0.1, 0.15) is 82.6 Å². The van der Waals surface area contributed by atoms with Crippen molar-refractivity contribution >= 4 is 28.8 Å². The number of hydrogen-bond donors (Lipinski definition) is 2. The number of benzene rings is 3. The molecule has 258 valence electrons. The molecule has 0 aromatic heterocycles. The van der Waals surface area contributed by atoms with Crippen molar-refractivity contribution in [2.45, 2.75) is 90.7 Å². The van der Waals surface area contributed by atoms with E-state index in [1.165, 1.54) is 0 Å². The third kappa shape index (κ3) is 9.58. The van der Waals surface area contributed by atoms with Gasteiger partial charge in [0, 0.05) is 30.0 Å². The first kappa shape index (κ1) is 35.4. The third-order valence-electron chi connectivity index (χ3n) is 8.71. The number of nitrogens with zero attached hydrogens (tertiary/aromatic N) is 1. The minimum Gasteiger partial charge on any atom is -0.489 e. The van der Waals surface area contributed by atoms with Gasteiger partial charge in [-0.25, -0.2) is 15.1 Å². The van der Waals surface area contributed by atoms with E-state index in [9.17, 15) is 9.59 Å². The van der Waals surface area contributed by atoms with Crippen LogP contribution < -0.4 is 15.5 Å². The maximum absolute atomic E-state index is 14.1. The van der Waals surface area contributed by atoms with Crippen molar-refractivity contribution in [1.82, 2.24) is 15.7 Å². The zero-order valence-corrected chi connectivity index (χ0v) is 29.0. The van der Waals surface area contributed by atoms with E-state index in [1.54, 1.807) is 12.1 Å². The smallest absolute Gasteiger partial charge is 0.411 e. The summed E-state index contributed by atoms with van der Waals surface area (Å²) in [7, 11) is 0. The Hall–Kier alpha value is -3.92. The van der Waals surface area contributed by atoms with E-state index in [4.69, 9.17) is 19.0 Å². The number of carbonyl (C=O) groups is 2. The van der Waals surface area contributed by atoms with Crippen LogP contribution in [0.4, 0.5) is 4.79 Å². The topological polar surface area (TPSA) is 98.4 Å². The standard InChI is InChI=1S/C39H51N3O6/c1-27(2)36(42(32-20-22-40-23-21-32)38(44)47-39(3,4)5)31(26-46-34-14-10-12-29-11-6-7-13-33(29)34)25-28-16-18-30(19-17-28)37(43)41-48-35-15-8-9-24-45-35/h6-7,10-14,16-19,25,27,32,35-36,40H,8-9,15,20-24,26H2,1-5H3,(H,41,43)/b31-25+. The molecule has 9 heteroatoms. The molecular formula is C39H51N3O6. The zero-order chi connectivity index (χ0) is 34.1. The lowest BCUT2D eigenvalue weighted by atomic mass is 9.90. The summed E-state index contributed by atoms with van der Waals surface area (Å²) < 4.78 is 18.2. The van der Waals surface area contributed by atoms with Gasteiger partial charge in [-0.05, 0) is 100 Å². The maximum atomic E-state index is 14.1. The van der Waals surface area contributed by atoms with E-state index >= 15 is 0 Å². The van der Waals surface area contributed by atoms with Crippen molar-refractivity contribution in [1.29, 1.82) is 0 Å². The summed E-state index contributed by atoms with van der Waals surface area (Å²) in [6.07, 6.45) is 5.77. The van der Waals surface area contributed by atoms with Gasteiger partial charge in [0.15, 0.2) is 6.29 Å². The Morgan fingerprint density at radius 1 is 0.979 bits per heavy atom. The van der Waals surface area contributed by atoms with Gasteiger partial charge in [0.25, 0.3) is 5.91 Å². The van der Waals surface area contributed by atoms with E-state index in [1.807, 2.05) is 62.1 Å². The van der Waals surface area contributed by atoms with Gasteiger partial charge in [0.2, 0.25) is 0 Å². The number of amides is 2. The molecule has 3 aromatic carbocycles. The molecule has 9 nitrogen and oxygen atoms in total. The number of hydrogen-bond acceptors (Lipinski definition) is 7. The summed E-state index contributed by atoms with van der Waals surface area (Å²) >= 11 is 0. The molecule has 5 rings (SSSR count). The highest BCUT2D eigenvalue weighted by atomic mass is 16.8. The van der Waals surface area contributed by atoms with Crippen LogP contribution in [-0.4, -0.2) is 67.2 Å². The van der Waals surface area contributed by atoms with Crippen LogP contribution in [0.3, 0.4) is 0 Å². The number of hydroxylamine groups is 1. The predicted molar refractivity (Wildman–Crippen MR) is 189 cm³/mol. The van der Waals surface area contributed by atoms with Crippen LogP contribution in [0, 0.1) is 5.92 Å². The third-order valence-corrected chi connectivity index (χ3v) is 8.71. The summed E-state index contributed by atoms with van der Waals surface area (Å²) in [5, 5.41) is 5.56. The highest BCUT2D eigenvalue weighted by Crippen LogP contribution is 2.31. The molecule has 0 saturated carbocycles. The van der Waals surface area contributed by atoms with E-state index in [0.29, 0.717) is 12.2 Å². The Morgan fingerprint density at radius 2 is 1.71 bits per heavy atom. The minimum absolute atomic E-state index is 0.00803. The van der Waals surface area contributed by atoms with Crippen molar-refractivity contribution in [2.75, 3.05) is 26.3 Å². The summed E-state index contributed by atoms with van der Waals surface area (Å²) in [5.41, 5.74) is 4.20. The number of nitrogens with one attached hydrogen (secondary N) is 2. The average molecular weight is 658 g/mol. The molecule has 2 unspecified atom stereocenters. The van der Waals surface area contributed by atoms with E-state index in [-0.39, 0.29) is 36.6 Å². The Balaban J connectivity index is 1.47. The largest absolute Gasteiger partial charge is 0.489 e. The van der Waals surface area contributed by atoms with Crippen molar-refractivity contribution in [3.05, 3.63) is 83.4 Å². The quantitative estimate of drug-likeness (QED) is 0.206. The first-order valence-corrected chi connectivity index (χ1v) is 17.3. The second-order valence-corrected chi connectivity index (χ2v) is 14.0. The van der Waals surface area contributed by atoms with Gasteiger partial charge in [-0.2, -0.15) is 0 Å².